The van der Waals surface area contributed by atoms with E-state index in [1.54, 1.807) is 32.0 Å². The molecule has 0 amide bonds. The van der Waals surface area contributed by atoms with Gasteiger partial charge in [-0.3, -0.25) is 0 Å². The summed E-state index contributed by atoms with van der Waals surface area (Å²) < 4.78 is 10.4. The smallest absolute Gasteiger partial charge is 0.347 e. The molecule has 0 heterocycles. The molecular formula is C13H20N2O3. The molecule has 100 valence electrons. The van der Waals surface area contributed by atoms with Gasteiger partial charge in [0.25, 0.3) is 0 Å². The van der Waals surface area contributed by atoms with Crippen LogP contribution in [0.2, 0.25) is 0 Å². The Hall–Kier alpha value is -1.91. The highest BCUT2D eigenvalue weighted by Gasteiger charge is 2.15. The summed E-state index contributed by atoms with van der Waals surface area (Å²) in [7, 11) is 0. The summed E-state index contributed by atoms with van der Waals surface area (Å²) in [5.41, 5.74) is 7.25. The fourth-order valence-electron chi connectivity index (χ4n) is 1.46. The maximum Gasteiger partial charge on any atom is 0.347 e. The van der Waals surface area contributed by atoms with Gasteiger partial charge in [0, 0.05) is 12.6 Å². The monoisotopic (exact) mass is 252 g/mol. The van der Waals surface area contributed by atoms with Crippen molar-refractivity contribution in [2.75, 3.05) is 24.2 Å². The number of hydrogen-bond acceptors (Lipinski definition) is 5. The Balaban J connectivity index is 2.72. The van der Waals surface area contributed by atoms with Crippen LogP contribution in [-0.4, -0.2) is 25.2 Å². The SMILES string of the molecule is CCNc1cc(OC(C)C(=O)OCC)ccc1N. The second kappa shape index (κ2) is 6.74. The number of ether oxygens (including phenoxy) is 2. The van der Waals surface area contributed by atoms with Gasteiger partial charge >= 0.3 is 5.97 Å². The van der Waals surface area contributed by atoms with E-state index in [4.69, 9.17) is 15.2 Å². The fourth-order valence-corrected chi connectivity index (χ4v) is 1.46. The summed E-state index contributed by atoms with van der Waals surface area (Å²) in [5.74, 6) is 0.208. The van der Waals surface area contributed by atoms with Gasteiger partial charge in [-0.1, -0.05) is 0 Å². The first-order chi connectivity index (χ1) is 8.58. The third-order valence-electron chi connectivity index (χ3n) is 2.32. The minimum absolute atomic E-state index is 0.344. The van der Waals surface area contributed by atoms with Crippen LogP contribution < -0.4 is 15.8 Å². The predicted octanol–water partition coefficient (Wildman–Crippen LogP) is 2.03. The Kier molecular flexibility index (Phi) is 5.30. The molecule has 1 atom stereocenters. The lowest BCUT2D eigenvalue weighted by Crippen LogP contribution is -2.26. The maximum absolute atomic E-state index is 11.4. The largest absolute Gasteiger partial charge is 0.479 e. The number of nitrogens with two attached hydrogens (primary N) is 1. The Morgan fingerprint density at radius 1 is 1.44 bits per heavy atom. The molecule has 1 aromatic carbocycles. The van der Waals surface area contributed by atoms with Crippen LogP contribution in [-0.2, 0) is 9.53 Å². The topological polar surface area (TPSA) is 73.6 Å². The van der Waals surface area contributed by atoms with Gasteiger partial charge in [-0.25, -0.2) is 4.79 Å². The summed E-state index contributed by atoms with van der Waals surface area (Å²) in [6.45, 7) is 6.50. The number of carbonyl (C=O) groups excluding carboxylic acids is 1. The minimum Gasteiger partial charge on any atom is -0.479 e. The average molecular weight is 252 g/mol. The Labute approximate surface area is 107 Å². The highest BCUT2D eigenvalue weighted by Crippen LogP contribution is 2.25. The van der Waals surface area contributed by atoms with Crippen LogP contribution >= 0.6 is 0 Å². The summed E-state index contributed by atoms with van der Waals surface area (Å²) in [6, 6.07) is 5.24. The van der Waals surface area contributed by atoms with Gasteiger partial charge in [-0.05, 0) is 32.9 Å². The van der Waals surface area contributed by atoms with Gasteiger partial charge < -0.3 is 20.5 Å². The van der Waals surface area contributed by atoms with Crippen LogP contribution in [0.4, 0.5) is 11.4 Å². The second-order valence-electron chi connectivity index (χ2n) is 3.79. The molecule has 0 radical (unpaired) electrons. The fraction of sp³-hybridized carbons (Fsp3) is 0.462. The van der Waals surface area contributed by atoms with Crippen molar-refractivity contribution in [3.63, 3.8) is 0 Å². The van der Waals surface area contributed by atoms with Gasteiger partial charge in [-0.15, -0.1) is 0 Å². The molecule has 0 saturated heterocycles. The summed E-state index contributed by atoms with van der Waals surface area (Å²) in [5, 5.41) is 3.12. The molecule has 1 unspecified atom stereocenters. The highest BCUT2D eigenvalue weighted by molar-refractivity contribution is 5.75. The molecule has 5 heteroatoms. The van der Waals surface area contributed by atoms with Crippen molar-refractivity contribution in [2.45, 2.75) is 26.9 Å². The Morgan fingerprint density at radius 3 is 2.78 bits per heavy atom. The quantitative estimate of drug-likeness (QED) is 0.598. The van der Waals surface area contributed by atoms with E-state index in [2.05, 4.69) is 5.32 Å². The first kappa shape index (κ1) is 14.2. The van der Waals surface area contributed by atoms with Crippen LogP contribution in [0, 0.1) is 0 Å². The van der Waals surface area contributed by atoms with Gasteiger partial charge in [0.05, 0.1) is 18.0 Å². The van der Waals surface area contributed by atoms with Gasteiger partial charge in [0.15, 0.2) is 6.10 Å². The van der Waals surface area contributed by atoms with E-state index in [1.165, 1.54) is 0 Å². The number of rotatable bonds is 6. The third kappa shape index (κ3) is 3.84. The molecule has 0 aromatic heterocycles. The predicted molar refractivity (Wildman–Crippen MR) is 71.7 cm³/mol. The molecule has 3 N–H and O–H groups in total. The number of carbonyl (C=O) groups is 1. The molecule has 0 bridgehead atoms. The molecule has 0 aliphatic carbocycles. The lowest BCUT2D eigenvalue weighted by atomic mass is 10.2. The van der Waals surface area contributed by atoms with Crippen LogP contribution in [0.3, 0.4) is 0 Å². The summed E-state index contributed by atoms with van der Waals surface area (Å²) in [4.78, 5) is 11.4. The zero-order chi connectivity index (χ0) is 13.5. The maximum atomic E-state index is 11.4. The van der Waals surface area contributed by atoms with E-state index < -0.39 is 6.10 Å². The van der Waals surface area contributed by atoms with Crippen molar-refractivity contribution in [2.24, 2.45) is 0 Å². The van der Waals surface area contributed by atoms with E-state index in [9.17, 15) is 4.79 Å². The molecule has 0 fully saturated rings. The van der Waals surface area contributed by atoms with Crippen molar-refractivity contribution in [3.8, 4) is 5.75 Å². The lowest BCUT2D eigenvalue weighted by Gasteiger charge is -2.15. The zero-order valence-corrected chi connectivity index (χ0v) is 11.0. The molecule has 18 heavy (non-hydrogen) atoms. The third-order valence-corrected chi connectivity index (χ3v) is 2.32. The summed E-state index contributed by atoms with van der Waals surface area (Å²) >= 11 is 0. The first-order valence-corrected chi connectivity index (χ1v) is 6.05. The van der Waals surface area contributed by atoms with Crippen molar-refractivity contribution in [1.82, 2.24) is 0 Å². The standard InChI is InChI=1S/C13H20N2O3/c1-4-15-12-8-10(6-7-11(12)14)18-9(3)13(16)17-5-2/h6-9,15H,4-5,14H2,1-3H3. The van der Waals surface area contributed by atoms with E-state index in [0.717, 1.165) is 12.2 Å². The summed E-state index contributed by atoms with van der Waals surface area (Å²) in [6.07, 6.45) is -0.636. The molecule has 1 aromatic rings. The average Bonchev–Trinajstić information content (AvgIpc) is 2.34. The van der Waals surface area contributed by atoms with E-state index in [-0.39, 0.29) is 5.97 Å². The van der Waals surface area contributed by atoms with Gasteiger partial charge in [0.2, 0.25) is 0 Å². The molecular weight excluding hydrogens is 232 g/mol. The van der Waals surface area contributed by atoms with Crippen LogP contribution in [0.25, 0.3) is 0 Å². The second-order valence-corrected chi connectivity index (χ2v) is 3.79. The normalized spacial score (nSPS) is 11.7. The molecule has 0 spiro atoms. The van der Waals surface area contributed by atoms with Gasteiger partial charge in [-0.2, -0.15) is 0 Å². The molecule has 0 saturated carbocycles. The number of anilines is 2. The van der Waals surface area contributed by atoms with Crippen molar-refractivity contribution < 1.29 is 14.3 Å². The van der Waals surface area contributed by atoms with E-state index in [0.29, 0.717) is 18.0 Å². The Bertz CT molecular complexity index is 407. The molecule has 0 aliphatic heterocycles. The van der Waals surface area contributed by atoms with Crippen LogP contribution in [0.5, 0.6) is 5.75 Å². The van der Waals surface area contributed by atoms with Crippen molar-refractivity contribution in [1.29, 1.82) is 0 Å². The number of hydrogen-bond donors (Lipinski definition) is 2. The zero-order valence-electron chi connectivity index (χ0n) is 11.0. The van der Waals surface area contributed by atoms with Crippen LogP contribution in [0.1, 0.15) is 20.8 Å². The number of benzene rings is 1. The van der Waals surface area contributed by atoms with Crippen molar-refractivity contribution in [3.05, 3.63) is 18.2 Å². The Morgan fingerprint density at radius 2 is 2.17 bits per heavy atom. The van der Waals surface area contributed by atoms with Gasteiger partial charge in [0.1, 0.15) is 5.75 Å². The number of esters is 1. The van der Waals surface area contributed by atoms with E-state index in [1.807, 2.05) is 6.92 Å². The highest BCUT2D eigenvalue weighted by atomic mass is 16.6. The number of nitrogens with one attached hydrogen (secondary N) is 1. The molecule has 5 nitrogen and oxygen atoms in total. The molecule has 0 aliphatic rings. The lowest BCUT2D eigenvalue weighted by molar-refractivity contribution is -0.150. The minimum atomic E-state index is -0.636. The van der Waals surface area contributed by atoms with E-state index >= 15 is 0 Å². The molecule has 1 rings (SSSR count). The van der Waals surface area contributed by atoms with Crippen molar-refractivity contribution >= 4 is 17.3 Å². The number of nitrogen functional groups attached to an aromatic ring is 1. The first-order valence-electron chi connectivity index (χ1n) is 6.05. The van der Waals surface area contributed by atoms with Crippen LogP contribution in [0.15, 0.2) is 18.2 Å².